The Morgan fingerprint density at radius 3 is 0.911 bits per heavy atom. The molecule has 0 atom stereocenters. The second kappa shape index (κ2) is 12.7. The van der Waals surface area contributed by atoms with Gasteiger partial charge < -0.3 is 0 Å². The maximum atomic E-state index is 2.38. The number of unbranched alkanes of at least 4 members (excludes halogenated alkanes) is 10. The lowest BCUT2D eigenvalue weighted by Crippen LogP contribution is -1.91. The summed E-state index contributed by atoms with van der Waals surface area (Å²) in [5.41, 5.74) is 3.06. The normalized spacial score (nSPS) is 12.3. The minimum atomic E-state index is 1.20. The summed E-state index contributed by atoms with van der Waals surface area (Å²) in [6.45, 7) is 0. The van der Waals surface area contributed by atoms with Crippen molar-refractivity contribution in [1.82, 2.24) is 0 Å². The van der Waals surface area contributed by atoms with Crippen LogP contribution in [0.2, 0.25) is 0 Å². The Bertz CT molecular complexity index is 2010. The van der Waals surface area contributed by atoms with Crippen LogP contribution in [0.15, 0.2) is 109 Å². The van der Waals surface area contributed by atoms with Crippen molar-refractivity contribution in [1.29, 1.82) is 0 Å². The van der Waals surface area contributed by atoms with Crippen molar-refractivity contribution in [3.8, 4) is 0 Å². The van der Waals surface area contributed by atoms with Crippen LogP contribution < -0.4 is 0 Å². The fourth-order valence-corrected chi connectivity index (χ4v) is 8.25. The molecule has 0 aliphatic carbocycles. The fourth-order valence-electron chi connectivity index (χ4n) is 8.25. The molecule has 45 heavy (non-hydrogen) atoms. The molecule has 224 valence electrons. The van der Waals surface area contributed by atoms with Gasteiger partial charge >= 0.3 is 0 Å². The summed E-state index contributed by atoms with van der Waals surface area (Å²) in [7, 11) is 0. The van der Waals surface area contributed by atoms with Gasteiger partial charge in [-0.15, -0.1) is 0 Å². The molecule has 0 saturated carbocycles. The Balaban J connectivity index is 0.737. The first-order valence-electron chi connectivity index (χ1n) is 17.7. The van der Waals surface area contributed by atoms with Crippen molar-refractivity contribution in [2.24, 2.45) is 0 Å². The van der Waals surface area contributed by atoms with Crippen LogP contribution in [0.1, 0.15) is 81.8 Å². The van der Waals surface area contributed by atoms with Crippen LogP contribution in [0.5, 0.6) is 0 Å². The Morgan fingerprint density at radius 2 is 0.533 bits per heavy atom. The zero-order valence-corrected chi connectivity index (χ0v) is 26.6. The van der Waals surface area contributed by atoms with Gasteiger partial charge in [-0.05, 0) is 101 Å². The molecule has 0 aliphatic heterocycles. The maximum Gasteiger partial charge on any atom is -0.00240 e. The van der Waals surface area contributed by atoms with Gasteiger partial charge in [0.25, 0.3) is 0 Å². The van der Waals surface area contributed by atoms with Gasteiger partial charge in [0.1, 0.15) is 0 Å². The zero-order chi connectivity index (χ0) is 30.0. The van der Waals surface area contributed by atoms with Gasteiger partial charge in [0.15, 0.2) is 0 Å². The predicted molar refractivity (Wildman–Crippen MR) is 198 cm³/mol. The summed E-state index contributed by atoms with van der Waals surface area (Å²) in [6, 6.07) is 41.3. The smallest absolute Gasteiger partial charge is 0.00240 e. The van der Waals surface area contributed by atoms with E-state index in [1.165, 1.54) is 159 Å². The van der Waals surface area contributed by atoms with Crippen LogP contribution in [0.3, 0.4) is 0 Å². The molecule has 0 aromatic heterocycles. The molecular formula is C45H44. The lowest BCUT2D eigenvalue weighted by molar-refractivity contribution is 0.546. The first-order chi connectivity index (χ1) is 22.3. The number of benzene rings is 8. The molecular weight excluding hydrogens is 540 g/mol. The third-order valence-electron chi connectivity index (χ3n) is 10.6. The molecule has 0 N–H and O–H groups in total. The third kappa shape index (κ3) is 5.50. The van der Waals surface area contributed by atoms with E-state index in [1.807, 2.05) is 0 Å². The van der Waals surface area contributed by atoms with Crippen molar-refractivity contribution in [3.05, 3.63) is 120 Å². The van der Waals surface area contributed by atoms with Gasteiger partial charge in [-0.2, -0.15) is 0 Å². The molecule has 0 spiro atoms. The molecule has 0 aliphatic rings. The van der Waals surface area contributed by atoms with Crippen LogP contribution in [-0.4, -0.2) is 0 Å². The summed E-state index contributed by atoms with van der Waals surface area (Å²) >= 11 is 0. The van der Waals surface area contributed by atoms with Gasteiger partial charge in [-0.1, -0.05) is 167 Å². The standard InChI is InChI=1S/C45H44/c1(2-4-6-8-10-14-32-20-22-38-26-24-34-16-12-18-36-28-30-40(32)44(38)42(34)36)3-5-7-9-11-15-33-21-23-39-27-25-35-17-13-19-37-29-31-41(33)45(39)43(35)37/h12-13,16-31H,1-11,14-15H2. The molecule has 0 radical (unpaired) electrons. The second-order valence-corrected chi connectivity index (χ2v) is 13.6. The minimum absolute atomic E-state index is 1.20. The van der Waals surface area contributed by atoms with Gasteiger partial charge in [0.05, 0.1) is 0 Å². The number of rotatable bonds is 14. The number of hydrogen-bond donors (Lipinski definition) is 0. The van der Waals surface area contributed by atoms with Crippen LogP contribution in [-0.2, 0) is 12.8 Å². The highest BCUT2D eigenvalue weighted by Gasteiger charge is 2.12. The predicted octanol–water partition coefficient (Wildman–Crippen LogP) is 13.6. The quantitative estimate of drug-likeness (QED) is 0.0881. The number of aryl methyl sites for hydroxylation is 2. The van der Waals surface area contributed by atoms with E-state index in [-0.39, 0.29) is 0 Å². The molecule has 0 fully saturated rings. The molecule has 0 amide bonds. The third-order valence-corrected chi connectivity index (χ3v) is 10.6. The number of hydrogen-bond acceptors (Lipinski definition) is 0. The van der Waals surface area contributed by atoms with Crippen LogP contribution in [0.4, 0.5) is 0 Å². The Morgan fingerprint density at radius 1 is 0.244 bits per heavy atom. The Hall–Kier alpha value is -4.16. The summed E-state index contributed by atoms with van der Waals surface area (Å²) in [4.78, 5) is 0. The molecule has 0 heterocycles. The van der Waals surface area contributed by atoms with Gasteiger partial charge in [-0.25, -0.2) is 0 Å². The van der Waals surface area contributed by atoms with E-state index in [0.717, 1.165) is 0 Å². The van der Waals surface area contributed by atoms with Crippen molar-refractivity contribution < 1.29 is 0 Å². The highest BCUT2D eigenvalue weighted by molar-refractivity contribution is 6.24. The van der Waals surface area contributed by atoms with E-state index in [2.05, 4.69) is 109 Å². The summed E-state index contributed by atoms with van der Waals surface area (Å²) in [5.74, 6) is 0. The van der Waals surface area contributed by atoms with Crippen LogP contribution >= 0.6 is 0 Å². The van der Waals surface area contributed by atoms with E-state index in [0.29, 0.717) is 0 Å². The topological polar surface area (TPSA) is 0 Å². The van der Waals surface area contributed by atoms with E-state index in [4.69, 9.17) is 0 Å². The molecule has 0 nitrogen and oxygen atoms in total. The lowest BCUT2D eigenvalue weighted by atomic mass is 9.90. The SMILES string of the molecule is c1cc2ccc3ccc(CCCCCCCCCCCCCc4ccc5ccc6cccc7ccc4c5c67)c4ccc(c1)c2c34. The van der Waals surface area contributed by atoms with E-state index in [9.17, 15) is 0 Å². The monoisotopic (exact) mass is 584 g/mol. The summed E-state index contributed by atoms with van der Waals surface area (Å²) < 4.78 is 0. The molecule has 0 saturated heterocycles. The molecule has 0 bridgehead atoms. The zero-order valence-electron chi connectivity index (χ0n) is 26.6. The first-order valence-corrected chi connectivity index (χ1v) is 17.7. The Labute approximate surface area is 267 Å². The highest BCUT2D eigenvalue weighted by atomic mass is 14.2. The molecule has 0 unspecified atom stereocenters. The van der Waals surface area contributed by atoms with Crippen LogP contribution in [0.25, 0.3) is 64.6 Å². The largest absolute Gasteiger partial charge is 0.0610 e. The maximum absolute atomic E-state index is 2.38. The van der Waals surface area contributed by atoms with Crippen LogP contribution in [0, 0.1) is 0 Å². The van der Waals surface area contributed by atoms with Crippen molar-refractivity contribution in [3.63, 3.8) is 0 Å². The van der Waals surface area contributed by atoms with Crippen molar-refractivity contribution in [2.45, 2.75) is 83.5 Å². The minimum Gasteiger partial charge on any atom is -0.0610 e. The molecule has 8 rings (SSSR count). The highest BCUT2D eigenvalue weighted by Crippen LogP contribution is 2.38. The van der Waals surface area contributed by atoms with E-state index >= 15 is 0 Å². The molecule has 8 aromatic rings. The average molecular weight is 585 g/mol. The second-order valence-electron chi connectivity index (χ2n) is 13.6. The van der Waals surface area contributed by atoms with Gasteiger partial charge in [0, 0.05) is 0 Å². The fraction of sp³-hybridized carbons (Fsp3) is 0.289. The lowest BCUT2D eigenvalue weighted by Gasteiger charge is -2.14. The van der Waals surface area contributed by atoms with Crippen molar-refractivity contribution in [2.75, 3.05) is 0 Å². The summed E-state index contributed by atoms with van der Waals surface area (Å²) in [6.07, 6.45) is 17.5. The molecule has 8 aromatic carbocycles. The summed E-state index contributed by atoms with van der Waals surface area (Å²) in [5, 5.41) is 17.0. The van der Waals surface area contributed by atoms with Crippen molar-refractivity contribution >= 4 is 64.6 Å². The van der Waals surface area contributed by atoms with E-state index < -0.39 is 0 Å². The molecule has 0 heteroatoms. The Kier molecular flexibility index (Phi) is 7.98. The van der Waals surface area contributed by atoms with Gasteiger partial charge in [0.2, 0.25) is 0 Å². The average Bonchev–Trinajstić information content (AvgIpc) is 3.09. The first kappa shape index (κ1) is 28.3. The van der Waals surface area contributed by atoms with E-state index in [1.54, 1.807) is 0 Å². The van der Waals surface area contributed by atoms with Gasteiger partial charge in [-0.3, -0.25) is 0 Å².